The third-order valence-corrected chi connectivity index (χ3v) is 4.72. The summed E-state index contributed by atoms with van der Waals surface area (Å²) >= 11 is 0. The Morgan fingerprint density at radius 1 is 1.15 bits per heavy atom. The van der Waals surface area contributed by atoms with Crippen LogP contribution in [0.2, 0.25) is 0 Å². The number of aromatic nitrogens is 2. The van der Waals surface area contributed by atoms with Crippen LogP contribution in [-0.2, 0) is 4.74 Å². The Bertz CT molecular complexity index is 993. The van der Waals surface area contributed by atoms with E-state index in [0.29, 0.717) is 23.6 Å². The molecule has 1 aliphatic rings. The molecule has 0 bridgehead atoms. The molecule has 2 heterocycles. The third-order valence-electron chi connectivity index (χ3n) is 4.72. The molecular formula is C21H19N3O3. The second-order valence-electron chi connectivity index (χ2n) is 6.37. The average Bonchev–Trinajstić information content (AvgIpc) is 3.21. The Kier molecular flexibility index (Phi) is 4.24. The maximum absolute atomic E-state index is 13.1. The van der Waals surface area contributed by atoms with Gasteiger partial charge in [-0.15, -0.1) is 0 Å². The lowest BCUT2D eigenvalue weighted by atomic mass is 9.99. The topological polar surface area (TPSA) is 75.3 Å². The molecule has 3 aromatic rings. The fourth-order valence-corrected chi connectivity index (χ4v) is 3.49. The zero-order valence-corrected chi connectivity index (χ0v) is 15.1. The van der Waals surface area contributed by atoms with Crippen molar-refractivity contribution in [1.82, 2.24) is 10.2 Å². The summed E-state index contributed by atoms with van der Waals surface area (Å²) in [6.45, 7) is 4.01. The van der Waals surface area contributed by atoms with E-state index >= 15 is 0 Å². The number of fused-ring (bicyclic) bond motifs is 1. The van der Waals surface area contributed by atoms with Crippen LogP contribution in [0.1, 0.15) is 50.6 Å². The lowest BCUT2D eigenvalue weighted by Gasteiger charge is -2.26. The van der Waals surface area contributed by atoms with E-state index in [2.05, 4.69) is 10.2 Å². The first-order valence-electron chi connectivity index (χ1n) is 8.82. The van der Waals surface area contributed by atoms with Crippen molar-refractivity contribution in [3.63, 3.8) is 0 Å². The van der Waals surface area contributed by atoms with E-state index in [9.17, 15) is 9.59 Å². The summed E-state index contributed by atoms with van der Waals surface area (Å²) in [5, 5.41) is 7.13. The molecule has 0 radical (unpaired) electrons. The number of ether oxygens (including phenoxy) is 1. The number of amides is 1. The van der Waals surface area contributed by atoms with Gasteiger partial charge in [-0.25, -0.2) is 4.79 Å². The molecular weight excluding hydrogens is 342 g/mol. The maximum Gasteiger partial charge on any atom is 0.338 e. The Labute approximate surface area is 156 Å². The normalized spacial score (nSPS) is 15.7. The van der Waals surface area contributed by atoms with Gasteiger partial charge < -0.3 is 4.74 Å². The van der Waals surface area contributed by atoms with Crippen LogP contribution in [0.15, 0.2) is 54.6 Å². The van der Waals surface area contributed by atoms with Crippen molar-refractivity contribution in [2.45, 2.75) is 19.9 Å². The average molecular weight is 361 g/mol. The summed E-state index contributed by atoms with van der Waals surface area (Å²) in [6, 6.07) is 16.5. The van der Waals surface area contributed by atoms with Crippen LogP contribution in [0.4, 0.5) is 5.69 Å². The van der Waals surface area contributed by atoms with E-state index in [0.717, 1.165) is 16.8 Å². The van der Waals surface area contributed by atoms with E-state index in [1.807, 2.05) is 37.3 Å². The number of rotatable bonds is 4. The molecule has 4 rings (SSSR count). The van der Waals surface area contributed by atoms with Crippen molar-refractivity contribution >= 4 is 17.6 Å². The number of hydrogen-bond donors (Lipinski definition) is 1. The lowest BCUT2D eigenvalue weighted by molar-refractivity contribution is 0.0526. The van der Waals surface area contributed by atoms with Gasteiger partial charge >= 0.3 is 5.97 Å². The first-order valence-corrected chi connectivity index (χ1v) is 8.82. The molecule has 1 amide bonds. The highest BCUT2D eigenvalue weighted by molar-refractivity contribution is 6.10. The molecule has 0 aliphatic carbocycles. The summed E-state index contributed by atoms with van der Waals surface area (Å²) < 4.78 is 5.03. The fourth-order valence-electron chi connectivity index (χ4n) is 3.49. The molecule has 1 atom stereocenters. The van der Waals surface area contributed by atoms with Gasteiger partial charge in [0, 0.05) is 16.9 Å². The van der Waals surface area contributed by atoms with Crippen LogP contribution in [-0.4, -0.2) is 28.7 Å². The summed E-state index contributed by atoms with van der Waals surface area (Å²) in [4.78, 5) is 26.7. The zero-order valence-electron chi connectivity index (χ0n) is 15.1. The third kappa shape index (κ3) is 2.79. The van der Waals surface area contributed by atoms with Crippen LogP contribution in [0.25, 0.3) is 0 Å². The monoisotopic (exact) mass is 361 g/mol. The van der Waals surface area contributed by atoms with Crippen molar-refractivity contribution in [1.29, 1.82) is 0 Å². The first kappa shape index (κ1) is 17.0. The summed E-state index contributed by atoms with van der Waals surface area (Å²) in [6.07, 6.45) is 0. The molecule has 1 aromatic heterocycles. The Balaban J connectivity index is 1.77. The minimum atomic E-state index is -0.375. The first-order chi connectivity index (χ1) is 13.1. The highest BCUT2D eigenvalue weighted by atomic mass is 16.5. The van der Waals surface area contributed by atoms with Crippen LogP contribution in [0.5, 0.6) is 0 Å². The van der Waals surface area contributed by atoms with Crippen LogP contribution < -0.4 is 4.90 Å². The number of hydrogen-bond acceptors (Lipinski definition) is 4. The Morgan fingerprint density at radius 2 is 1.85 bits per heavy atom. The number of nitrogens with zero attached hydrogens (tertiary/aromatic N) is 2. The Hall–Kier alpha value is -3.41. The van der Waals surface area contributed by atoms with E-state index in [1.54, 1.807) is 36.1 Å². The van der Waals surface area contributed by atoms with Gasteiger partial charge in [0.15, 0.2) is 5.69 Å². The predicted octanol–water partition coefficient (Wildman–Crippen LogP) is 3.64. The molecule has 1 N–H and O–H groups in total. The van der Waals surface area contributed by atoms with Gasteiger partial charge in [0.05, 0.1) is 18.2 Å². The number of carbonyl (C=O) groups excluding carboxylic acids is 2. The van der Waals surface area contributed by atoms with Gasteiger partial charge in [-0.05, 0) is 43.7 Å². The SMILES string of the molecule is CCOC(=O)c1ccc(N2C(=O)c3n[nH]c(C)c3[C@H]2c2ccccc2)cc1. The number of benzene rings is 2. The molecule has 1 aliphatic heterocycles. The second-order valence-corrected chi connectivity index (χ2v) is 6.37. The smallest absolute Gasteiger partial charge is 0.338 e. The lowest BCUT2D eigenvalue weighted by Crippen LogP contribution is -2.29. The van der Waals surface area contributed by atoms with Crippen molar-refractivity contribution in [3.8, 4) is 0 Å². The van der Waals surface area contributed by atoms with E-state index in [4.69, 9.17) is 4.74 Å². The number of aryl methyl sites for hydroxylation is 1. The summed E-state index contributed by atoms with van der Waals surface area (Å²) in [5.74, 6) is -0.535. The number of aromatic amines is 1. The summed E-state index contributed by atoms with van der Waals surface area (Å²) in [7, 11) is 0. The van der Waals surface area contributed by atoms with Crippen molar-refractivity contribution in [2.75, 3.05) is 11.5 Å². The standard InChI is InChI=1S/C21H19N3O3/c1-3-27-21(26)15-9-11-16(12-10-15)24-19(14-7-5-4-6-8-14)17-13(2)22-23-18(17)20(24)25/h4-12,19H,3H2,1-2H3,(H,22,23)/t19-/m1/s1. The van der Waals surface area contributed by atoms with Crippen LogP contribution in [0.3, 0.4) is 0 Å². The number of anilines is 1. The molecule has 0 saturated carbocycles. The predicted molar refractivity (Wildman–Crippen MR) is 101 cm³/mol. The molecule has 0 unspecified atom stereocenters. The molecule has 6 heteroatoms. The van der Waals surface area contributed by atoms with Gasteiger partial charge in [-0.1, -0.05) is 30.3 Å². The van der Waals surface area contributed by atoms with Crippen molar-refractivity contribution in [2.24, 2.45) is 0 Å². The Morgan fingerprint density at radius 3 is 2.52 bits per heavy atom. The van der Waals surface area contributed by atoms with Gasteiger partial charge in [-0.3, -0.25) is 14.8 Å². The maximum atomic E-state index is 13.1. The number of carbonyl (C=O) groups is 2. The highest BCUT2D eigenvalue weighted by Gasteiger charge is 2.42. The van der Waals surface area contributed by atoms with Crippen LogP contribution in [0, 0.1) is 6.92 Å². The number of H-pyrrole nitrogens is 1. The van der Waals surface area contributed by atoms with Gasteiger partial charge in [-0.2, -0.15) is 5.10 Å². The van der Waals surface area contributed by atoms with E-state index in [1.165, 1.54) is 0 Å². The summed E-state index contributed by atoms with van der Waals surface area (Å²) in [5.41, 5.74) is 4.37. The highest BCUT2D eigenvalue weighted by Crippen LogP contribution is 2.42. The molecule has 27 heavy (non-hydrogen) atoms. The fraction of sp³-hybridized carbons (Fsp3) is 0.190. The molecule has 2 aromatic carbocycles. The van der Waals surface area contributed by atoms with Crippen LogP contribution >= 0.6 is 0 Å². The largest absolute Gasteiger partial charge is 0.462 e. The van der Waals surface area contributed by atoms with Gasteiger partial charge in [0.25, 0.3) is 5.91 Å². The minimum Gasteiger partial charge on any atom is -0.462 e. The molecule has 6 nitrogen and oxygen atoms in total. The number of nitrogens with one attached hydrogen (secondary N) is 1. The molecule has 0 fully saturated rings. The quantitative estimate of drug-likeness (QED) is 0.720. The molecule has 0 spiro atoms. The van der Waals surface area contributed by atoms with Crippen molar-refractivity contribution < 1.29 is 14.3 Å². The minimum absolute atomic E-state index is 0.160. The van der Waals surface area contributed by atoms with Crippen molar-refractivity contribution in [3.05, 3.63) is 82.7 Å². The molecule has 136 valence electrons. The molecule has 0 saturated heterocycles. The second kappa shape index (κ2) is 6.72. The zero-order chi connectivity index (χ0) is 19.0. The number of esters is 1. The van der Waals surface area contributed by atoms with Gasteiger partial charge in [0.1, 0.15) is 0 Å². The van der Waals surface area contributed by atoms with E-state index < -0.39 is 0 Å². The van der Waals surface area contributed by atoms with E-state index in [-0.39, 0.29) is 17.9 Å². The van der Waals surface area contributed by atoms with Gasteiger partial charge in [0.2, 0.25) is 0 Å².